The number of hydrogen-bond donors (Lipinski definition) is 1. The molecule has 1 N–H and O–H groups in total. The van der Waals surface area contributed by atoms with E-state index in [1.807, 2.05) is 24.5 Å². The summed E-state index contributed by atoms with van der Waals surface area (Å²) in [5.74, 6) is -0.178. The van der Waals surface area contributed by atoms with Crippen LogP contribution in [0.4, 0.5) is 9.09 Å². The zero-order chi connectivity index (χ0) is 8.65. The fraction of sp³-hybridized carbons (Fsp3) is 0. The van der Waals surface area contributed by atoms with E-state index in [-0.39, 0.29) is 10.5 Å². The summed E-state index contributed by atoms with van der Waals surface area (Å²) < 4.78 is 11.9. The number of nitrogens with one attached hydrogen (secondary N) is 1. The normalized spacial score (nSPS) is 7.77. The molecule has 13 heavy (non-hydrogen) atoms. The van der Waals surface area contributed by atoms with Gasteiger partial charge in [0.15, 0.2) is 0 Å². The molecule has 0 aliphatic heterocycles. The maximum Gasteiger partial charge on any atom is 0.123 e. The largest absolute Gasteiger partial charge is 0.368 e. The van der Waals surface area contributed by atoms with Crippen molar-refractivity contribution in [3.8, 4) is 0 Å². The molecule has 0 amide bonds. The number of benzene rings is 1. The highest BCUT2D eigenvalue weighted by Gasteiger charge is 1.77. The maximum absolute atomic E-state index is 11.9. The minimum atomic E-state index is -0.178. The third-order valence-corrected chi connectivity index (χ3v) is 1.23. The quantitative estimate of drug-likeness (QED) is 0.646. The van der Waals surface area contributed by atoms with Crippen LogP contribution in [0.5, 0.6) is 0 Å². The second-order valence-corrected chi connectivity index (χ2v) is 2.18. The monoisotopic (exact) mass is 183 g/mol. The van der Waals surface area contributed by atoms with Gasteiger partial charge in [0, 0.05) is 12.4 Å². The van der Waals surface area contributed by atoms with Crippen molar-refractivity contribution in [2.24, 2.45) is 0 Å². The summed E-state index contributed by atoms with van der Waals surface area (Å²) in [6, 6.07) is 11.8. The molecule has 70 valence electrons. The first kappa shape index (κ1) is 11.4. The average molecular weight is 183 g/mol. The van der Waals surface area contributed by atoms with Crippen molar-refractivity contribution in [3.05, 3.63) is 60.7 Å². The van der Waals surface area contributed by atoms with Gasteiger partial charge in [-0.15, -0.1) is 0 Å². The lowest BCUT2D eigenvalue weighted by atomic mass is 10.4. The SMILES string of the molecule is F.Fc1ccccc1.c1cc[nH]c1. The van der Waals surface area contributed by atoms with Crippen molar-refractivity contribution < 1.29 is 9.09 Å². The molecule has 1 heterocycles. The van der Waals surface area contributed by atoms with Gasteiger partial charge in [-0.2, -0.15) is 0 Å². The molecule has 0 radical (unpaired) electrons. The van der Waals surface area contributed by atoms with Gasteiger partial charge in [0.25, 0.3) is 0 Å². The lowest BCUT2D eigenvalue weighted by Gasteiger charge is -1.78. The van der Waals surface area contributed by atoms with Gasteiger partial charge in [-0.25, -0.2) is 4.39 Å². The summed E-state index contributed by atoms with van der Waals surface area (Å²) in [4.78, 5) is 2.86. The van der Waals surface area contributed by atoms with E-state index in [9.17, 15) is 4.39 Å². The second-order valence-electron chi connectivity index (χ2n) is 2.18. The Morgan fingerprint density at radius 1 is 0.846 bits per heavy atom. The van der Waals surface area contributed by atoms with Crippen molar-refractivity contribution in [2.45, 2.75) is 0 Å². The Morgan fingerprint density at radius 2 is 1.38 bits per heavy atom. The van der Waals surface area contributed by atoms with Crippen molar-refractivity contribution >= 4 is 0 Å². The standard InChI is InChI=1S/C6H5F.C4H5N.FH/c7-6-4-2-1-3-5-6;1-2-4-5-3-1;/h1-5H;1-5H;1H. The lowest BCUT2D eigenvalue weighted by Crippen LogP contribution is -1.63. The maximum atomic E-state index is 11.9. The first-order chi connectivity index (χ1) is 5.89. The summed E-state index contributed by atoms with van der Waals surface area (Å²) in [7, 11) is 0. The van der Waals surface area contributed by atoms with E-state index in [0.717, 1.165) is 0 Å². The van der Waals surface area contributed by atoms with Gasteiger partial charge in [-0.05, 0) is 24.3 Å². The van der Waals surface area contributed by atoms with Gasteiger partial charge < -0.3 is 4.98 Å². The van der Waals surface area contributed by atoms with E-state index >= 15 is 0 Å². The molecule has 1 nitrogen and oxygen atoms in total. The molecule has 0 aliphatic carbocycles. The number of H-pyrrole nitrogens is 1. The second kappa shape index (κ2) is 7.03. The summed E-state index contributed by atoms with van der Waals surface area (Å²) in [6.45, 7) is 0. The van der Waals surface area contributed by atoms with E-state index in [1.165, 1.54) is 12.1 Å². The molecule has 2 rings (SSSR count). The van der Waals surface area contributed by atoms with Crippen LogP contribution in [-0.4, -0.2) is 4.98 Å². The van der Waals surface area contributed by atoms with Crippen molar-refractivity contribution in [1.29, 1.82) is 0 Å². The molecule has 3 heteroatoms. The molecule has 0 atom stereocenters. The van der Waals surface area contributed by atoms with Crippen LogP contribution in [0.2, 0.25) is 0 Å². The van der Waals surface area contributed by atoms with Crippen LogP contribution >= 0.6 is 0 Å². The predicted molar refractivity (Wildman–Crippen MR) is 49.7 cm³/mol. The van der Waals surface area contributed by atoms with Crippen molar-refractivity contribution in [1.82, 2.24) is 4.98 Å². The number of rotatable bonds is 0. The smallest absolute Gasteiger partial charge is 0.123 e. The number of hydrogen-bond acceptors (Lipinski definition) is 0. The molecule has 0 saturated carbocycles. The molecule has 0 bridgehead atoms. The zero-order valence-corrected chi connectivity index (χ0v) is 6.98. The Hall–Kier alpha value is -1.64. The molecule has 2 aromatic rings. The van der Waals surface area contributed by atoms with Gasteiger partial charge in [-0.3, -0.25) is 4.70 Å². The topological polar surface area (TPSA) is 15.8 Å². The highest BCUT2D eigenvalue weighted by molar-refractivity contribution is 5.02. The van der Waals surface area contributed by atoms with Crippen LogP contribution in [0.3, 0.4) is 0 Å². The molecule has 1 aromatic carbocycles. The molecular formula is C10H11F2N. The summed E-state index contributed by atoms with van der Waals surface area (Å²) in [5.41, 5.74) is 0. The fourth-order valence-corrected chi connectivity index (χ4v) is 0.692. The van der Waals surface area contributed by atoms with Gasteiger partial charge in [0.1, 0.15) is 5.82 Å². The molecule has 1 aromatic heterocycles. The average Bonchev–Trinajstić information content (AvgIpc) is 2.62. The molecule has 0 unspecified atom stereocenters. The Balaban J connectivity index is 0.000000215. The van der Waals surface area contributed by atoms with E-state index < -0.39 is 0 Å². The van der Waals surface area contributed by atoms with Gasteiger partial charge >= 0.3 is 0 Å². The van der Waals surface area contributed by atoms with Gasteiger partial charge in [0.2, 0.25) is 0 Å². The first-order valence-corrected chi connectivity index (χ1v) is 3.68. The van der Waals surface area contributed by atoms with Crippen LogP contribution < -0.4 is 0 Å². The lowest BCUT2D eigenvalue weighted by molar-refractivity contribution is 0.628. The Kier molecular flexibility index (Phi) is 6.15. The van der Waals surface area contributed by atoms with Crippen molar-refractivity contribution in [2.75, 3.05) is 0 Å². The number of aromatic amines is 1. The van der Waals surface area contributed by atoms with Crippen LogP contribution in [0.25, 0.3) is 0 Å². The van der Waals surface area contributed by atoms with Crippen LogP contribution in [0.15, 0.2) is 54.9 Å². The Labute approximate surface area is 75.6 Å². The highest BCUT2D eigenvalue weighted by atomic mass is 19.1. The summed E-state index contributed by atoms with van der Waals surface area (Å²) in [5, 5.41) is 0. The van der Waals surface area contributed by atoms with Gasteiger partial charge in [-0.1, -0.05) is 18.2 Å². The fourth-order valence-electron chi connectivity index (χ4n) is 0.692. The third-order valence-electron chi connectivity index (χ3n) is 1.23. The number of aromatic nitrogens is 1. The Bertz CT molecular complexity index is 262. The summed E-state index contributed by atoms with van der Waals surface area (Å²) >= 11 is 0. The highest BCUT2D eigenvalue weighted by Crippen LogP contribution is 1.91. The number of halogens is 2. The van der Waals surface area contributed by atoms with E-state index in [2.05, 4.69) is 4.98 Å². The molecule has 0 fully saturated rings. The zero-order valence-electron chi connectivity index (χ0n) is 6.98. The van der Waals surface area contributed by atoms with E-state index in [4.69, 9.17) is 0 Å². The van der Waals surface area contributed by atoms with E-state index in [0.29, 0.717) is 0 Å². The molecule has 0 spiro atoms. The minimum absolute atomic E-state index is 0. The summed E-state index contributed by atoms with van der Waals surface area (Å²) in [6.07, 6.45) is 3.75. The molecule has 0 saturated heterocycles. The first-order valence-electron chi connectivity index (χ1n) is 3.68. The third kappa shape index (κ3) is 5.61. The van der Waals surface area contributed by atoms with Crippen molar-refractivity contribution in [3.63, 3.8) is 0 Å². The predicted octanol–water partition coefficient (Wildman–Crippen LogP) is 2.99. The van der Waals surface area contributed by atoms with Gasteiger partial charge in [0.05, 0.1) is 0 Å². The van der Waals surface area contributed by atoms with Crippen LogP contribution in [0, 0.1) is 5.82 Å². The Morgan fingerprint density at radius 3 is 1.62 bits per heavy atom. The van der Waals surface area contributed by atoms with Crippen LogP contribution in [0.1, 0.15) is 0 Å². The molecule has 0 aliphatic rings. The van der Waals surface area contributed by atoms with E-state index in [1.54, 1.807) is 18.2 Å². The molecular weight excluding hydrogens is 172 g/mol. The van der Waals surface area contributed by atoms with Crippen LogP contribution in [-0.2, 0) is 0 Å². The minimum Gasteiger partial charge on any atom is -0.368 e.